The van der Waals surface area contributed by atoms with E-state index in [9.17, 15) is 4.79 Å². The van der Waals surface area contributed by atoms with E-state index in [-0.39, 0.29) is 12.1 Å². The van der Waals surface area contributed by atoms with Crippen LogP contribution in [0.5, 0.6) is 0 Å². The summed E-state index contributed by atoms with van der Waals surface area (Å²) in [6, 6.07) is 18.6. The molecule has 0 aliphatic carbocycles. The molecule has 1 saturated heterocycles. The molecule has 2 aromatic carbocycles. The monoisotopic (exact) mass is 401 g/mol. The van der Waals surface area contributed by atoms with E-state index in [1.165, 1.54) is 11.1 Å². The fraction of sp³-hybridized carbons (Fsp3) is 0.292. The predicted molar refractivity (Wildman–Crippen MR) is 119 cm³/mol. The highest BCUT2D eigenvalue weighted by Gasteiger charge is 2.24. The van der Waals surface area contributed by atoms with Gasteiger partial charge in [0.1, 0.15) is 5.82 Å². The minimum absolute atomic E-state index is 0.0230. The molecule has 1 aromatic heterocycles. The highest BCUT2D eigenvalue weighted by atomic mass is 16.2. The Balaban J connectivity index is 1.32. The van der Waals surface area contributed by atoms with Crippen molar-refractivity contribution in [3.8, 4) is 11.1 Å². The van der Waals surface area contributed by atoms with Crippen LogP contribution in [0.1, 0.15) is 24.2 Å². The lowest BCUT2D eigenvalue weighted by molar-refractivity contribution is 0.191. The summed E-state index contributed by atoms with van der Waals surface area (Å²) in [6.45, 7) is 6.84. The van der Waals surface area contributed by atoms with E-state index in [2.05, 4.69) is 56.6 Å². The molecule has 2 heterocycles. The first-order valence-electron chi connectivity index (χ1n) is 10.3. The molecule has 154 valence electrons. The summed E-state index contributed by atoms with van der Waals surface area (Å²) in [6.07, 6.45) is 3.42. The molecular formula is C24H27N5O. The number of hydrogen-bond donors (Lipinski definition) is 1. The Kier molecular flexibility index (Phi) is 5.93. The maximum atomic E-state index is 12.7. The van der Waals surface area contributed by atoms with Crippen LogP contribution in [0.25, 0.3) is 11.1 Å². The number of urea groups is 1. The number of piperazine rings is 1. The van der Waals surface area contributed by atoms with Gasteiger partial charge in [-0.3, -0.25) is 4.98 Å². The number of carbonyl (C=O) groups excluding carboxylic acids is 1. The maximum Gasteiger partial charge on any atom is 0.317 e. The largest absolute Gasteiger partial charge is 0.352 e. The number of amides is 2. The van der Waals surface area contributed by atoms with Crippen LogP contribution in [0.3, 0.4) is 0 Å². The van der Waals surface area contributed by atoms with Crippen LogP contribution >= 0.6 is 0 Å². The molecular weight excluding hydrogens is 374 g/mol. The molecule has 4 rings (SSSR count). The fourth-order valence-electron chi connectivity index (χ4n) is 3.79. The summed E-state index contributed by atoms with van der Waals surface area (Å²) in [5, 5.41) is 3.13. The first kappa shape index (κ1) is 19.9. The van der Waals surface area contributed by atoms with Crippen molar-refractivity contribution >= 4 is 11.8 Å². The second kappa shape index (κ2) is 8.95. The Bertz CT molecular complexity index is 982. The van der Waals surface area contributed by atoms with E-state index in [0.29, 0.717) is 13.1 Å². The van der Waals surface area contributed by atoms with Crippen LogP contribution in [0.2, 0.25) is 0 Å². The third kappa shape index (κ3) is 4.43. The molecule has 6 nitrogen and oxygen atoms in total. The number of nitrogens with zero attached hydrogens (tertiary/aromatic N) is 4. The van der Waals surface area contributed by atoms with Gasteiger partial charge in [0.15, 0.2) is 0 Å². The van der Waals surface area contributed by atoms with Gasteiger partial charge in [0, 0.05) is 38.6 Å². The van der Waals surface area contributed by atoms with Gasteiger partial charge >= 0.3 is 6.03 Å². The van der Waals surface area contributed by atoms with Gasteiger partial charge in [-0.05, 0) is 30.5 Å². The fourth-order valence-corrected chi connectivity index (χ4v) is 3.79. The Labute approximate surface area is 177 Å². The van der Waals surface area contributed by atoms with Crippen molar-refractivity contribution in [2.75, 3.05) is 31.1 Å². The van der Waals surface area contributed by atoms with Gasteiger partial charge in [0.05, 0.1) is 11.7 Å². The second-order valence-electron chi connectivity index (χ2n) is 7.60. The lowest BCUT2D eigenvalue weighted by Gasteiger charge is -2.36. The zero-order chi connectivity index (χ0) is 20.9. The van der Waals surface area contributed by atoms with Gasteiger partial charge in [-0.15, -0.1) is 0 Å². The Morgan fingerprint density at radius 3 is 2.20 bits per heavy atom. The summed E-state index contributed by atoms with van der Waals surface area (Å²) in [5.41, 5.74) is 4.38. The number of benzene rings is 2. The zero-order valence-corrected chi connectivity index (χ0v) is 17.5. The Hall–Kier alpha value is -3.41. The van der Waals surface area contributed by atoms with Gasteiger partial charge in [-0.2, -0.15) is 0 Å². The van der Waals surface area contributed by atoms with Crippen molar-refractivity contribution in [1.29, 1.82) is 0 Å². The quantitative estimate of drug-likeness (QED) is 0.717. The molecule has 0 radical (unpaired) electrons. The highest BCUT2D eigenvalue weighted by Crippen LogP contribution is 2.22. The van der Waals surface area contributed by atoms with E-state index in [4.69, 9.17) is 0 Å². The van der Waals surface area contributed by atoms with Crippen molar-refractivity contribution < 1.29 is 4.79 Å². The van der Waals surface area contributed by atoms with Crippen LogP contribution in [-0.2, 0) is 0 Å². The van der Waals surface area contributed by atoms with E-state index >= 15 is 0 Å². The molecule has 30 heavy (non-hydrogen) atoms. The number of nitrogens with one attached hydrogen (secondary N) is 1. The number of aromatic nitrogens is 2. The summed E-state index contributed by atoms with van der Waals surface area (Å²) in [7, 11) is 0. The smallest absolute Gasteiger partial charge is 0.317 e. The molecule has 0 unspecified atom stereocenters. The molecule has 0 saturated carbocycles. The lowest BCUT2D eigenvalue weighted by Crippen LogP contribution is -2.52. The third-order valence-electron chi connectivity index (χ3n) is 5.58. The SMILES string of the molecule is Cc1nccnc1N1CCN(C(=O)N[C@@H](C)c2ccc(-c3ccccc3)cc2)CC1. The van der Waals surface area contributed by atoms with Crippen molar-refractivity contribution in [1.82, 2.24) is 20.2 Å². The van der Waals surface area contributed by atoms with Crippen LogP contribution in [0.15, 0.2) is 67.0 Å². The zero-order valence-electron chi connectivity index (χ0n) is 17.5. The number of hydrogen-bond acceptors (Lipinski definition) is 4. The van der Waals surface area contributed by atoms with E-state index in [1.54, 1.807) is 12.4 Å². The van der Waals surface area contributed by atoms with Crippen molar-refractivity contribution in [3.05, 3.63) is 78.2 Å². The van der Waals surface area contributed by atoms with Gasteiger partial charge in [0.2, 0.25) is 0 Å². The summed E-state index contributed by atoms with van der Waals surface area (Å²) in [5.74, 6) is 0.907. The third-order valence-corrected chi connectivity index (χ3v) is 5.58. The first-order valence-corrected chi connectivity index (χ1v) is 10.3. The number of aryl methyl sites for hydroxylation is 1. The van der Waals surface area contributed by atoms with Crippen molar-refractivity contribution in [3.63, 3.8) is 0 Å². The molecule has 1 aliphatic heterocycles. The minimum Gasteiger partial charge on any atom is -0.352 e. The number of carbonyl (C=O) groups is 1. The Morgan fingerprint density at radius 1 is 0.900 bits per heavy atom. The van der Waals surface area contributed by atoms with Crippen molar-refractivity contribution in [2.45, 2.75) is 19.9 Å². The molecule has 1 aliphatic rings. The number of anilines is 1. The van der Waals surface area contributed by atoms with Crippen LogP contribution < -0.4 is 10.2 Å². The highest BCUT2D eigenvalue weighted by molar-refractivity contribution is 5.75. The van der Waals surface area contributed by atoms with Gasteiger partial charge in [-0.25, -0.2) is 9.78 Å². The maximum absolute atomic E-state index is 12.7. The van der Waals surface area contributed by atoms with Gasteiger partial charge < -0.3 is 15.1 Å². The molecule has 0 spiro atoms. The molecule has 1 N–H and O–H groups in total. The number of rotatable bonds is 4. The summed E-state index contributed by atoms with van der Waals surface area (Å²) >= 11 is 0. The average molecular weight is 402 g/mol. The second-order valence-corrected chi connectivity index (χ2v) is 7.60. The average Bonchev–Trinajstić information content (AvgIpc) is 2.80. The van der Waals surface area contributed by atoms with Crippen LogP contribution in [-0.4, -0.2) is 47.1 Å². The molecule has 6 heteroatoms. The van der Waals surface area contributed by atoms with Crippen LogP contribution in [0.4, 0.5) is 10.6 Å². The Morgan fingerprint density at radius 2 is 1.53 bits per heavy atom. The van der Waals surface area contributed by atoms with E-state index in [0.717, 1.165) is 30.2 Å². The summed E-state index contributed by atoms with van der Waals surface area (Å²) in [4.78, 5) is 25.6. The van der Waals surface area contributed by atoms with E-state index in [1.807, 2.05) is 36.9 Å². The molecule has 0 bridgehead atoms. The normalized spacial score (nSPS) is 15.0. The van der Waals surface area contributed by atoms with E-state index < -0.39 is 0 Å². The molecule has 1 atom stereocenters. The lowest BCUT2D eigenvalue weighted by atomic mass is 10.0. The minimum atomic E-state index is -0.0532. The topological polar surface area (TPSA) is 61.4 Å². The summed E-state index contributed by atoms with van der Waals surface area (Å²) < 4.78 is 0. The van der Waals surface area contributed by atoms with Gasteiger partial charge in [0.25, 0.3) is 0 Å². The van der Waals surface area contributed by atoms with Crippen molar-refractivity contribution in [2.24, 2.45) is 0 Å². The predicted octanol–water partition coefficient (Wildman–Crippen LogP) is 4.04. The standard InChI is InChI=1S/C24H27N5O/c1-18(20-8-10-22(11-9-20)21-6-4-3-5-7-21)27-24(30)29-16-14-28(15-17-29)23-19(2)25-12-13-26-23/h3-13,18H,14-17H2,1-2H3,(H,27,30)/t18-/m0/s1. The molecule has 3 aromatic rings. The first-order chi connectivity index (χ1) is 14.6. The van der Waals surface area contributed by atoms with Gasteiger partial charge in [-0.1, -0.05) is 54.6 Å². The van der Waals surface area contributed by atoms with Crippen LogP contribution in [0, 0.1) is 6.92 Å². The molecule has 2 amide bonds. The molecule has 1 fully saturated rings.